The molecule has 2 aromatic carbocycles. The number of fused-ring (bicyclic) bond motifs is 1. The van der Waals surface area contributed by atoms with Crippen molar-refractivity contribution in [2.24, 2.45) is 0 Å². The average Bonchev–Trinajstić information content (AvgIpc) is 2.98. The molecule has 0 saturated carbocycles. The fraction of sp³-hybridized carbons (Fsp3) is 0.211. The first kappa shape index (κ1) is 16.6. The predicted octanol–water partition coefficient (Wildman–Crippen LogP) is 4.12. The molecule has 1 heterocycles. The average molecular weight is 343 g/mol. The van der Waals surface area contributed by atoms with E-state index in [1.165, 1.54) is 0 Å². The van der Waals surface area contributed by atoms with Crippen LogP contribution in [-0.4, -0.2) is 31.4 Å². The maximum absolute atomic E-state index is 12.3. The summed E-state index contributed by atoms with van der Waals surface area (Å²) < 4.78 is 5.93. The number of likely N-dealkylation sites (N-methyl/N-ethyl adjacent to an activating group) is 1. The third-order valence-electron chi connectivity index (χ3n) is 3.94. The van der Waals surface area contributed by atoms with Gasteiger partial charge < -0.3 is 9.73 Å². The van der Waals surface area contributed by atoms with Gasteiger partial charge in [-0.1, -0.05) is 35.9 Å². The highest BCUT2D eigenvalue weighted by molar-refractivity contribution is 6.30. The van der Waals surface area contributed by atoms with Crippen molar-refractivity contribution in [3.05, 3.63) is 70.9 Å². The Morgan fingerprint density at radius 3 is 2.67 bits per heavy atom. The molecule has 1 atom stereocenters. The molecule has 1 N–H and O–H groups in total. The minimum Gasteiger partial charge on any atom is -0.459 e. The highest BCUT2D eigenvalue weighted by Gasteiger charge is 2.20. The number of hydrogen-bond acceptors (Lipinski definition) is 3. The van der Waals surface area contributed by atoms with Gasteiger partial charge in [0, 0.05) is 22.5 Å². The van der Waals surface area contributed by atoms with E-state index in [2.05, 4.69) is 5.32 Å². The fourth-order valence-electron chi connectivity index (χ4n) is 2.63. The van der Waals surface area contributed by atoms with Crippen LogP contribution in [0.4, 0.5) is 0 Å². The lowest BCUT2D eigenvalue weighted by Crippen LogP contribution is -2.34. The molecule has 0 aliphatic carbocycles. The van der Waals surface area contributed by atoms with Gasteiger partial charge in [0.2, 0.25) is 0 Å². The van der Waals surface area contributed by atoms with E-state index in [4.69, 9.17) is 16.0 Å². The lowest BCUT2D eigenvalue weighted by Gasteiger charge is -2.22. The largest absolute Gasteiger partial charge is 0.459 e. The van der Waals surface area contributed by atoms with Crippen LogP contribution in [0.3, 0.4) is 0 Å². The summed E-state index contributed by atoms with van der Waals surface area (Å²) in [6.07, 6.45) is 0. The van der Waals surface area contributed by atoms with Crippen LogP contribution in [0.15, 0.2) is 59.0 Å². The molecule has 1 amide bonds. The number of furan rings is 1. The van der Waals surface area contributed by atoms with E-state index in [1.54, 1.807) is 24.3 Å². The second-order valence-corrected chi connectivity index (χ2v) is 6.32. The van der Waals surface area contributed by atoms with E-state index < -0.39 is 0 Å². The van der Waals surface area contributed by atoms with Gasteiger partial charge in [0.15, 0.2) is 0 Å². The summed E-state index contributed by atoms with van der Waals surface area (Å²) >= 11 is 5.94. The van der Waals surface area contributed by atoms with Crippen LogP contribution in [0.5, 0.6) is 0 Å². The van der Waals surface area contributed by atoms with E-state index in [1.807, 2.05) is 49.3 Å². The Morgan fingerprint density at radius 1 is 1.17 bits per heavy atom. The minimum atomic E-state index is -0.152. The molecule has 124 valence electrons. The zero-order valence-electron chi connectivity index (χ0n) is 13.6. The molecule has 5 heteroatoms. The molecule has 0 aliphatic heterocycles. The molecule has 3 aromatic rings. The molecule has 1 aromatic heterocycles. The number of para-hydroxylation sites is 1. The molecule has 0 saturated heterocycles. The molecule has 3 rings (SSSR count). The van der Waals surface area contributed by atoms with Crippen LogP contribution in [0.2, 0.25) is 5.02 Å². The first-order valence-corrected chi connectivity index (χ1v) is 8.11. The van der Waals surface area contributed by atoms with E-state index in [9.17, 15) is 4.79 Å². The fourth-order valence-corrected chi connectivity index (χ4v) is 2.82. The predicted molar refractivity (Wildman–Crippen MR) is 96.4 cm³/mol. The monoisotopic (exact) mass is 342 g/mol. The Bertz CT molecular complexity index is 824. The van der Waals surface area contributed by atoms with Crippen LogP contribution < -0.4 is 5.32 Å². The highest BCUT2D eigenvalue weighted by Crippen LogP contribution is 2.26. The van der Waals surface area contributed by atoms with E-state index in [-0.39, 0.29) is 11.9 Å². The van der Waals surface area contributed by atoms with Gasteiger partial charge >= 0.3 is 0 Å². The first-order chi connectivity index (χ1) is 11.5. The molecule has 4 nitrogen and oxygen atoms in total. The number of rotatable bonds is 5. The topological polar surface area (TPSA) is 45.5 Å². The summed E-state index contributed by atoms with van der Waals surface area (Å²) in [6.45, 7) is 0.443. The molecule has 0 unspecified atom stereocenters. The van der Waals surface area contributed by atoms with Gasteiger partial charge in [-0.25, -0.2) is 0 Å². The SMILES string of the molecule is CN(C)[C@H](CNC(=O)c1cccc(Cl)c1)c1cc2ccccc2o1. The van der Waals surface area contributed by atoms with Crippen molar-refractivity contribution in [1.82, 2.24) is 10.2 Å². The van der Waals surface area contributed by atoms with Gasteiger partial charge in [0.05, 0.1) is 6.04 Å². The lowest BCUT2D eigenvalue weighted by atomic mass is 10.1. The van der Waals surface area contributed by atoms with E-state index in [0.717, 1.165) is 16.7 Å². The molecular formula is C19H19ClN2O2. The maximum Gasteiger partial charge on any atom is 0.251 e. The number of amides is 1. The van der Waals surface area contributed by atoms with Gasteiger partial charge in [-0.15, -0.1) is 0 Å². The number of carbonyl (C=O) groups excluding carboxylic acids is 1. The molecule has 0 spiro atoms. The third kappa shape index (κ3) is 3.61. The summed E-state index contributed by atoms with van der Waals surface area (Å²) in [5.41, 5.74) is 1.39. The van der Waals surface area contributed by atoms with Crippen LogP contribution in [0.25, 0.3) is 11.0 Å². The number of carbonyl (C=O) groups is 1. The zero-order valence-corrected chi connectivity index (χ0v) is 14.4. The highest BCUT2D eigenvalue weighted by atomic mass is 35.5. The molecule has 24 heavy (non-hydrogen) atoms. The summed E-state index contributed by atoms with van der Waals surface area (Å²) in [5, 5.41) is 4.55. The van der Waals surface area contributed by atoms with Crippen molar-refractivity contribution >= 4 is 28.5 Å². The Morgan fingerprint density at radius 2 is 1.96 bits per heavy atom. The number of benzene rings is 2. The van der Waals surface area contributed by atoms with Crippen LogP contribution in [-0.2, 0) is 0 Å². The summed E-state index contributed by atoms with van der Waals surface area (Å²) in [4.78, 5) is 14.3. The Hall–Kier alpha value is -2.30. The second-order valence-electron chi connectivity index (χ2n) is 5.89. The van der Waals surface area contributed by atoms with Crippen molar-refractivity contribution in [1.29, 1.82) is 0 Å². The van der Waals surface area contributed by atoms with Crippen molar-refractivity contribution < 1.29 is 9.21 Å². The lowest BCUT2D eigenvalue weighted by molar-refractivity contribution is 0.0939. The smallest absolute Gasteiger partial charge is 0.251 e. The zero-order chi connectivity index (χ0) is 17.1. The van der Waals surface area contributed by atoms with Crippen LogP contribution in [0, 0.1) is 0 Å². The minimum absolute atomic E-state index is 0.0551. The number of hydrogen-bond donors (Lipinski definition) is 1. The summed E-state index contributed by atoms with van der Waals surface area (Å²) in [7, 11) is 3.92. The molecule has 0 fully saturated rings. The number of halogens is 1. The number of nitrogens with zero attached hydrogens (tertiary/aromatic N) is 1. The molecule has 0 radical (unpaired) electrons. The van der Waals surface area contributed by atoms with E-state index in [0.29, 0.717) is 17.1 Å². The van der Waals surface area contributed by atoms with Gasteiger partial charge in [0.25, 0.3) is 5.91 Å². The normalized spacial score (nSPS) is 12.5. The van der Waals surface area contributed by atoms with Crippen molar-refractivity contribution in [3.8, 4) is 0 Å². The Labute approximate surface area is 146 Å². The Kier molecular flexibility index (Phi) is 4.88. The summed E-state index contributed by atoms with van der Waals surface area (Å²) in [6, 6.07) is 16.8. The van der Waals surface area contributed by atoms with Gasteiger partial charge in [-0.05, 0) is 44.4 Å². The Balaban J connectivity index is 1.76. The molecule has 0 aliphatic rings. The maximum atomic E-state index is 12.3. The van der Waals surface area contributed by atoms with Crippen molar-refractivity contribution in [3.63, 3.8) is 0 Å². The molecular weight excluding hydrogens is 324 g/mol. The summed E-state index contributed by atoms with van der Waals surface area (Å²) in [5.74, 6) is 0.674. The van der Waals surface area contributed by atoms with Crippen molar-refractivity contribution in [2.75, 3.05) is 20.6 Å². The van der Waals surface area contributed by atoms with Crippen molar-refractivity contribution in [2.45, 2.75) is 6.04 Å². The van der Waals surface area contributed by atoms with Gasteiger partial charge in [0.1, 0.15) is 11.3 Å². The van der Waals surface area contributed by atoms with Gasteiger partial charge in [-0.2, -0.15) is 0 Å². The number of nitrogens with one attached hydrogen (secondary N) is 1. The van der Waals surface area contributed by atoms with Crippen LogP contribution in [0.1, 0.15) is 22.2 Å². The quantitative estimate of drug-likeness (QED) is 0.758. The first-order valence-electron chi connectivity index (χ1n) is 7.73. The van der Waals surface area contributed by atoms with Crippen LogP contribution >= 0.6 is 11.6 Å². The second kappa shape index (κ2) is 7.07. The standard InChI is InChI=1S/C19H19ClN2O2/c1-22(2)16(18-11-13-6-3-4-9-17(13)24-18)12-21-19(23)14-7-5-8-15(20)10-14/h3-11,16H,12H2,1-2H3,(H,21,23)/t16-/m1/s1. The van der Waals surface area contributed by atoms with Gasteiger partial charge in [-0.3, -0.25) is 9.69 Å². The third-order valence-corrected chi connectivity index (χ3v) is 4.17. The van der Waals surface area contributed by atoms with E-state index >= 15 is 0 Å². The molecule has 0 bridgehead atoms.